The molecule has 108 valence electrons. The van der Waals surface area contributed by atoms with Crippen molar-refractivity contribution < 1.29 is 31.1 Å². The van der Waals surface area contributed by atoms with Crippen molar-refractivity contribution in [1.82, 2.24) is 0 Å². The van der Waals surface area contributed by atoms with E-state index in [0.29, 0.717) is 5.39 Å². The first-order valence-corrected chi connectivity index (χ1v) is 7.94. The smallest absolute Gasteiger partial charge is 0.291 e. The molecule has 2 aromatic carbocycles. The molecule has 0 aliphatic carbocycles. The maximum Gasteiger partial charge on any atom is 0.294 e. The van der Waals surface area contributed by atoms with Crippen molar-refractivity contribution >= 4 is 36.7 Å². The lowest BCUT2D eigenvalue weighted by Crippen LogP contribution is -2.02. The van der Waals surface area contributed by atoms with Gasteiger partial charge in [-0.25, -0.2) is 0 Å². The van der Waals surface area contributed by atoms with E-state index in [4.69, 9.17) is 14.3 Å². The van der Waals surface area contributed by atoms with Gasteiger partial charge in [0.05, 0.1) is 15.5 Å². The predicted octanol–water partition coefficient (Wildman–Crippen LogP) is 1.13. The van der Waals surface area contributed by atoms with E-state index in [9.17, 15) is 16.8 Å². The third-order valence-electron chi connectivity index (χ3n) is 2.61. The second-order valence-electron chi connectivity index (χ2n) is 3.92. The summed E-state index contributed by atoms with van der Waals surface area (Å²) in [4.78, 5) is -0.976. The van der Waals surface area contributed by atoms with Gasteiger partial charge in [0, 0.05) is 5.39 Å². The average Bonchev–Trinajstić information content (AvgIpc) is 2.34. The van der Waals surface area contributed by atoms with E-state index >= 15 is 0 Å². The summed E-state index contributed by atoms with van der Waals surface area (Å²) in [5.74, 6) is 0. The summed E-state index contributed by atoms with van der Waals surface area (Å²) in [6, 6.07) is 5.36. The van der Waals surface area contributed by atoms with Gasteiger partial charge in [0.15, 0.2) is 0 Å². The maximum absolute atomic E-state index is 11.1. The highest BCUT2D eigenvalue weighted by molar-refractivity contribution is 7.86. The summed E-state index contributed by atoms with van der Waals surface area (Å²) < 4.78 is 62.2. The van der Waals surface area contributed by atoms with E-state index < -0.39 is 30.0 Å². The van der Waals surface area contributed by atoms with Crippen molar-refractivity contribution in [2.45, 2.75) is 9.79 Å². The zero-order chi connectivity index (χ0) is 15.1. The molecule has 0 heterocycles. The molecule has 0 spiro atoms. The van der Waals surface area contributed by atoms with Crippen LogP contribution in [-0.4, -0.2) is 31.1 Å². The Bertz CT molecular complexity index is 882. The molecule has 10 heteroatoms. The van der Waals surface area contributed by atoms with Gasteiger partial charge >= 0.3 is 0 Å². The van der Waals surface area contributed by atoms with Crippen LogP contribution in [0.2, 0.25) is 0 Å². The highest BCUT2D eigenvalue weighted by atomic mass is 32.2. The van der Waals surface area contributed by atoms with Crippen molar-refractivity contribution in [2.75, 3.05) is 5.48 Å². The van der Waals surface area contributed by atoms with E-state index in [-0.39, 0.29) is 11.1 Å². The minimum atomic E-state index is -4.54. The lowest BCUT2D eigenvalue weighted by molar-refractivity contribution is 0.389. The second kappa shape index (κ2) is 4.68. The Hall–Kier alpha value is -1.72. The zero-order valence-electron chi connectivity index (χ0n) is 9.68. The van der Waals surface area contributed by atoms with Crippen molar-refractivity contribution in [2.24, 2.45) is 0 Å². The number of anilines is 1. The average molecular weight is 319 g/mol. The summed E-state index contributed by atoms with van der Waals surface area (Å²) in [5.41, 5.74) is 1.71. The Balaban J connectivity index is 2.87. The summed E-state index contributed by atoms with van der Waals surface area (Å²) in [6.07, 6.45) is 0. The first-order chi connectivity index (χ1) is 9.13. The molecule has 0 aromatic heterocycles. The molecule has 20 heavy (non-hydrogen) atoms. The Labute approximate surface area is 114 Å². The van der Waals surface area contributed by atoms with Gasteiger partial charge in [0.2, 0.25) is 0 Å². The number of hydrogen-bond acceptors (Lipinski definition) is 6. The molecule has 8 nitrogen and oxygen atoms in total. The molecule has 0 aliphatic heterocycles. The third kappa shape index (κ3) is 2.73. The molecular formula is C10H9NO7S2. The normalized spacial score (nSPS) is 12.6. The van der Waals surface area contributed by atoms with Crippen LogP contribution in [0, 0.1) is 0 Å². The van der Waals surface area contributed by atoms with E-state index in [0.717, 1.165) is 24.3 Å². The topological polar surface area (TPSA) is 141 Å². The third-order valence-corrected chi connectivity index (χ3v) is 4.29. The largest absolute Gasteiger partial charge is 0.294 e. The molecule has 0 bridgehead atoms. The molecule has 0 radical (unpaired) electrons. The summed E-state index contributed by atoms with van der Waals surface area (Å²) in [5, 5.41) is 9.35. The zero-order valence-corrected chi connectivity index (χ0v) is 11.3. The highest BCUT2D eigenvalue weighted by Crippen LogP contribution is 2.29. The van der Waals surface area contributed by atoms with Crippen molar-refractivity contribution in [3.8, 4) is 0 Å². The van der Waals surface area contributed by atoms with Gasteiger partial charge in [-0.1, -0.05) is 6.07 Å². The number of rotatable bonds is 3. The molecule has 0 saturated heterocycles. The Morgan fingerprint density at radius 1 is 0.850 bits per heavy atom. The van der Waals surface area contributed by atoms with Gasteiger partial charge < -0.3 is 0 Å². The molecule has 2 rings (SSSR count). The molecule has 0 amide bonds. The van der Waals surface area contributed by atoms with Crippen LogP contribution in [0.5, 0.6) is 0 Å². The lowest BCUT2D eigenvalue weighted by Gasteiger charge is -2.08. The fourth-order valence-corrected chi connectivity index (χ4v) is 2.78. The van der Waals surface area contributed by atoms with Gasteiger partial charge in [-0.05, 0) is 29.7 Å². The quantitative estimate of drug-likeness (QED) is 0.487. The molecule has 0 unspecified atom stereocenters. The van der Waals surface area contributed by atoms with Crippen LogP contribution in [0.4, 0.5) is 5.69 Å². The summed E-state index contributed by atoms with van der Waals surface area (Å²) in [7, 11) is -9.00. The first kappa shape index (κ1) is 14.7. The Morgan fingerprint density at radius 2 is 1.40 bits per heavy atom. The highest BCUT2D eigenvalue weighted by Gasteiger charge is 2.16. The van der Waals surface area contributed by atoms with Crippen LogP contribution in [0.25, 0.3) is 10.8 Å². The number of nitrogens with one attached hydrogen (secondary N) is 1. The van der Waals surface area contributed by atoms with Gasteiger partial charge in [-0.15, -0.1) is 0 Å². The van der Waals surface area contributed by atoms with Gasteiger partial charge in [-0.2, -0.15) is 16.8 Å². The molecule has 0 atom stereocenters. The van der Waals surface area contributed by atoms with Crippen LogP contribution >= 0.6 is 0 Å². The lowest BCUT2D eigenvalue weighted by atomic mass is 10.1. The van der Waals surface area contributed by atoms with E-state index in [2.05, 4.69) is 0 Å². The van der Waals surface area contributed by atoms with Gasteiger partial charge in [-0.3, -0.25) is 19.8 Å². The molecule has 0 saturated carbocycles. The molecule has 4 N–H and O–H groups in total. The van der Waals surface area contributed by atoms with Crippen LogP contribution < -0.4 is 5.48 Å². The summed E-state index contributed by atoms with van der Waals surface area (Å²) >= 11 is 0. The van der Waals surface area contributed by atoms with E-state index in [1.54, 1.807) is 5.48 Å². The fourth-order valence-electron chi connectivity index (χ4n) is 1.72. The van der Waals surface area contributed by atoms with Crippen LogP contribution in [0.3, 0.4) is 0 Å². The monoisotopic (exact) mass is 319 g/mol. The van der Waals surface area contributed by atoms with Gasteiger partial charge in [0.1, 0.15) is 0 Å². The van der Waals surface area contributed by atoms with E-state index in [1.165, 1.54) is 6.07 Å². The van der Waals surface area contributed by atoms with Crippen LogP contribution in [-0.2, 0) is 20.2 Å². The van der Waals surface area contributed by atoms with Crippen LogP contribution in [0.15, 0.2) is 40.1 Å². The molecular weight excluding hydrogens is 310 g/mol. The number of fused-ring (bicyclic) bond motifs is 1. The Morgan fingerprint density at radius 3 is 1.90 bits per heavy atom. The van der Waals surface area contributed by atoms with Crippen molar-refractivity contribution in [3.05, 3.63) is 30.3 Å². The SMILES string of the molecule is O=S(=O)(O)c1ccc2c(NO)cc(S(=O)(=O)O)cc2c1. The molecule has 0 aliphatic rings. The number of hydrogen-bond donors (Lipinski definition) is 4. The maximum atomic E-state index is 11.1. The van der Waals surface area contributed by atoms with Crippen LogP contribution in [0.1, 0.15) is 0 Å². The standard InChI is InChI=1S/C10H9NO7S2/c12-11-10-5-8(20(16,17)18)4-6-3-7(19(13,14)15)1-2-9(6)10/h1-5,11-12H,(H,13,14,15)(H,16,17,18). The molecule has 0 fully saturated rings. The minimum absolute atomic E-state index is 0.0444. The first-order valence-electron chi connectivity index (χ1n) is 5.06. The van der Waals surface area contributed by atoms with Crippen molar-refractivity contribution in [1.29, 1.82) is 0 Å². The molecule has 2 aromatic rings. The fraction of sp³-hybridized carbons (Fsp3) is 0. The Kier molecular flexibility index (Phi) is 3.44. The second-order valence-corrected chi connectivity index (χ2v) is 6.76. The summed E-state index contributed by atoms with van der Waals surface area (Å²) in [6.45, 7) is 0. The van der Waals surface area contributed by atoms with Gasteiger partial charge in [0.25, 0.3) is 20.2 Å². The minimum Gasteiger partial charge on any atom is -0.291 e. The van der Waals surface area contributed by atoms with E-state index in [1.807, 2.05) is 0 Å². The number of benzene rings is 2. The van der Waals surface area contributed by atoms with Crippen molar-refractivity contribution in [3.63, 3.8) is 0 Å². The predicted molar refractivity (Wildman–Crippen MR) is 69.0 cm³/mol.